The minimum absolute atomic E-state index is 0.610. The molecule has 0 aliphatic heterocycles. The van der Waals surface area contributed by atoms with Gasteiger partial charge in [0.15, 0.2) is 23.1 Å². The lowest BCUT2D eigenvalue weighted by atomic mass is 9.92. The lowest BCUT2D eigenvalue weighted by Crippen LogP contribution is -2.01. The molecule has 12 rings (SSSR count). The second kappa shape index (κ2) is 12.1. The summed E-state index contributed by atoms with van der Waals surface area (Å²) in [4.78, 5) is 20.8. The molecular weight excluding hydrogens is 705 g/mol. The van der Waals surface area contributed by atoms with E-state index in [2.05, 4.69) is 133 Å². The summed E-state index contributed by atoms with van der Waals surface area (Å²) in [5.74, 6) is 2.50. The summed E-state index contributed by atoms with van der Waals surface area (Å²) in [5, 5.41) is 11.1. The van der Waals surface area contributed by atoms with Crippen LogP contribution in [0.3, 0.4) is 0 Å². The van der Waals surface area contributed by atoms with Crippen molar-refractivity contribution in [3.8, 4) is 45.6 Å². The molecule has 12 aromatic rings. The molecule has 56 heavy (non-hydrogen) atoms. The Morgan fingerprint density at radius 2 is 1.05 bits per heavy atom. The predicted octanol–water partition coefficient (Wildman–Crippen LogP) is 13.7. The summed E-state index contributed by atoms with van der Waals surface area (Å²) in [7, 11) is 0. The molecule has 3 heterocycles. The van der Waals surface area contributed by atoms with Gasteiger partial charge < -0.3 is 4.42 Å². The number of hydrogen-bond donors (Lipinski definition) is 0. The molecule has 0 spiro atoms. The number of rotatable bonds is 4. The quantitative estimate of drug-likeness (QED) is 0.169. The molecule has 0 saturated carbocycles. The van der Waals surface area contributed by atoms with Gasteiger partial charge in [-0.2, -0.15) is 0 Å². The Morgan fingerprint density at radius 3 is 1.95 bits per heavy atom. The molecule has 0 N–H and O–H groups in total. The largest absolute Gasteiger partial charge is 0.435 e. The van der Waals surface area contributed by atoms with E-state index in [-0.39, 0.29) is 0 Å². The van der Waals surface area contributed by atoms with Crippen LogP contribution in [0.5, 0.6) is 0 Å². The highest BCUT2D eigenvalue weighted by Gasteiger charge is 2.20. The van der Waals surface area contributed by atoms with Gasteiger partial charge in [-0.3, -0.25) is 0 Å². The van der Waals surface area contributed by atoms with Crippen LogP contribution < -0.4 is 0 Å². The number of benzene rings is 9. The fraction of sp³-hybridized carbons (Fsp3) is 0. The molecule has 0 unspecified atom stereocenters. The highest BCUT2D eigenvalue weighted by molar-refractivity contribution is 7.25. The molecule has 0 aliphatic carbocycles. The molecule has 260 valence electrons. The van der Waals surface area contributed by atoms with Crippen LogP contribution in [0.1, 0.15) is 0 Å². The summed E-state index contributed by atoms with van der Waals surface area (Å²) in [6.45, 7) is 0. The van der Waals surface area contributed by atoms with Gasteiger partial charge in [-0.1, -0.05) is 121 Å². The maximum absolute atomic E-state index is 6.61. The smallest absolute Gasteiger partial charge is 0.227 e. The summed E-state index contributed by atoms with van der Waals surface area (Å²) in [6, 6.07) is 59.3. The van der Waals surface area contributed by atoms with Crippen LogP contribution in [0.25, 0.3) is 120 Å². The van der Waals surface area contributed by atoms with Gasteiger partial charge in [0.25, 0.3) is 0 Å². The van der Waals surface area contributed by atoms with Gasteiger partial charge in [0.2, 0.25) is 5.89 Å². The van der Waals surface area contributed by atoms with Crippen LogP contribution in [0.4, 0.5) is 0 Å². The number of nitrogens with zero attached hydrogens (tertiary/aromatic N) is 4. The van der Waals surface area contributed by atoms with Crippen LogP contribution >= 0.6 is 11.3 Å². The Kier molecular flexibility index (Phi) is 6.73. The third-order valence-electron chi connectivity index (χ3n) is 10.9. The van der Waals surface area contributed by atoms with Crippen molar-refractivity contribution in [2.24, 2.45) is 0 Å². The molecule has 0 aliphatic rings. The first kappa shape index (κ1) is 31.1. The average molecular weight is 733 g/mol. The molecule has 0 fully saturated rings. The number of oxazole rings is 1. The summed E-state index contributed by atoms with van der Waals surface area (Å²) < 4.78 is 9.12. The molecule has 0 atom stereocenters. The standard InChI is InChI=1S/C50H28N4OS/c1-2-12-31(13-3-1)50-51-41-25-23-30-21-22-32-27-40(35-16-6-7-18-37(35)44(32)45(30)46(41)55-50)49-53-47(33-24-26-43-39(28-33)36-17-8-9-20-42(36)56-43)52-48(54-49)38-19-10-14-29-11-4-5-15-34(29)38/h1-28H. The van der Waals surface area contributed by atoms with Crippen LogP contribution in [0.15, 0.2) is 174 Å². The van der Waals surface area contributed by atoms with Crippen molar-refractivity contribution < 1.29 is 4.42 Å². The number of thiophene rings is 1. The van der Waals surface area contributed by atoms with E-state index in [9.17, 15) is 0 Å². The lowest BCUT2D eigenvalue weighted by molar-refractivity contribution is 0.623. The van der Waals surface area contributed by atoms with Gasteiger partial charge in [-0.25, -0.2) is 19.9 Å². The zero-order chi connectivity index (χ0) is 36.7. The van der Waals surface area contributed by atoms with Crippen LogP contribution in [0.2, 0.25) is 0 Å². The summed E-state index contributed by atoms with van der Waals surface area (Å²) in [6.07, 6.45) is 0. The third-order valence-corrected chi connectivity index (χ3v) is 12.1. The molecule has 9 aromatic carbocycles. The first-order valence-electron chi connectivity index (χ1n) is 18.6. The molecule has 0 bridgehead atoms. The Labute approximate surface area is 324 Å². The zero-order valence-corrected chi connectivity index (χ0v) is 30.6. The van der Waals surface area contributed by atoms with Crippen molar-refractivity contribution in [1.29, 1.82) is 0 Å². The Hall–Kier alpha value is -7.28. The summed E-state index contributed by atoms with van der Waals surface area (Å²) in [5.41, 5.74) is 5.41. The second-order valence-electron chi connectivity index (χ2n) is 14.2. The Morgan fingerprint density at radius 1 is 0.375 bits per heavy atom. The fourth-order valence-corrected chi connectivity index (χ4v) is 9.40. The van der Waals surface area contributed by atoms with Gasteiger partial charge in [-0.15, -0.1) is 11.3 Å². The van der Waals surface area contributed by atoms with E-state index in [4.69, 9.17) is 24.4 Å². The monoisotopic (exact) mass is 732 g/mol. The van der Waals surface area contributed by atoms with Crippen molar-refractivity contribution in [1.82, 2.24) is 19.9 Å². The molecule has 0 amide bonds. The maximum atomic E-state index is 6.61. The minimum Gasteiger partial charge on any atom is -0.435 e. The van der Waals surface area contributed by atoms with E-state index in [1.165, 1.54) is 20.2 Å². The topological polar surface area (TPSA) is 64.7 Å². The van der Waals surface area contributed by atoms with Crippen molar-refractivity contribution in [2.75, 3.05) is 0 Å². The van der Waals surface area contributed by atoms with Crippen LogP contribution in [-0.4, -0.2) is 19.9 Å². The highest BCUT2D eigenvalue weighted by atomic mass is 32.1. The molecule has 5 nitrogen and oxygen atoms in total. The molecule has 0 radical (unpaired) electrons. The van der Waals surface area contributed by atoms with Gasteiger partial charge in [-0.05, 0) is 80.8 Å². The third kappa shape index (κ3) is 4.79. The minimum atomic E-state index is 0.610. The lowest BCUT2D eigenvalue weighted by Gasteiger charge is -2.14. The maximum Gasteiger partial charge on any atom is 0.227 e. The number of hydrogen-bond acceptors (Lipinski definition) is 6. The Bertz CT molecular complexity index is 3550. The van der Waals surface area contributed by atoms with E-state index < -0.39 is 0 Å². The van der Waals surface area contributed by atoms with Gasteiger partial charge in [0.1, 0.15) is 5.52 Å². The summed E-state index contributed by atoms with van der Waals surface area (Å²) >= 11 is 1.81. The first-order valence-corrected chi connectivity index (χ1v) is 19.4. The van der Waals surface area contributed by atoms with Crippen molar-refractivity contribution in [2.45, 2.75) is 0 Å². The highest BCUT2D eigenvalue weighted by Crippen LogP contribution is 2.42. The van der Waals surface area contributed by atoms with Gasteiger partial charge in [0, 0.05) is 53.2 Å². The van der Waals surface area contributed by atoms with Gasteiger partial charge in [0.05, 0.1) is 0 Å². The van der Waals surface area contributed by atoms with E-state index in [1.807, 2.05) is 47.7 Å². The molecule has 0 saturated heterocycles. The number of aromatic nitrogens is 4. The normalized spacial score (nSPS) is 11.9. The van der Waals surface area contributed by atoms with E-state index in [0.717, 1.165) is 76.4 Å². The van der Waals surface area contributed by atoms with Crippen LogP contribution in [-0.2, 0) is 0 Å². The van der Waals surface area contributed by atoms with E-state index in [0.29, 0.717) is 23.4 Å². The second-order valence-corrected chi connectivity index (χ2v) is 15.3. The molecular formula is C50H28N4OS. The van der Waals surface area contributed by atoms with Crippen molar-refractivity contribution in [3.63, 3.8) is 0 Å². The molecule has 6 heteroatoms. The van der Waals surface area contributed by atoms with Crippen molar-refractivity contribution in [3.05, 3.63) is 170 Å². The van der Waals surface area contributed by atoms with Gasteiger partial charge >= 0.3 is 0 Å². The predicted molar refractivity (Wildman–Crippen MR) is 232 cm³/mol. The number of fused-ring (bicyclic) bond motifs is 11. The Balaban J connectivity index is 1.13. The first-order chi connectivity index (χ1) is 27.7. The van der Waals surface area contributed by atoms with E-state index >= 15 is 0 Å². The average Bonchev–Trinajstić information content (AvgIpc) is 3.88. The zero-order valence-electron chi connectivity index (χ0n) is 29.8. The van der Waals surface area contributed by atoms with E-state index in [1.54, 1.807) is 0 Å². The van der Waals surface area contributed by atoms with Crippen molar-refractivity contribution >= 4 is 85.7 Å². The van der Waals surface area contributed by atoms with Crippen LogP contribution in [0, 0.1) is 0 Å². The fourth-order valence-electron chi connectivity index (χ4n) is 8.31. The SMILES string of the molecule is c1ccc(-c2nc3ccc4ccc5cc(-c6nc(-c7ccc8sc9ccccc9c8c7)nc(-c7cccc8ccccc78)n6)c6ccccc6c5c4c3o2)cc1. The molecule has 3 aromatic heterocycles.